The molecule has 0 fully saturated rings. The summed E-state index contributed by atoms with van der Waals surface area (Å²) < 4.78 is 49.7. The molecule has 4 aromatic rings. The highest BCUT2D eigenvalue weighted by atomic mass is 32.2. The van der Waals surface area contributed by atoms with Gasteiger partial charge in [-0.15, -0.1) is 0 Å². The van der Waals surface area contributed by atoms with Crippen LogP contribution in [0, 0.1) is 5.82 Å². The number of nitrogens with one attached hydrogen (secondary N) is 1. The van der Waals surface area contributed by atoms with E-state index in [1.165, 1.54) is 12.1 Å². The number of halogens is 1. The fourth-order valence-electron chi connectivity index (χ4n) is 4.35. The Balaban J connectivity index is 1.93. The zero-order valence-electron chi connectivity index (χ0n) is 20.1. The van der Waals surface area contributed by atoms with Crippen molar-refractivity contribution in [2.45, 2.75) is 31.1 Å². The molecule has 36 heavy (non-hydrogen) atoms. The standard InChI is InChI=1S/C28H26FNO5S/c1-17(2)20-8-4-5-9-21(20)24-16-26(22-10-6-7-11-23(22)28(24)35-3)36(33,34)30-19-12-13-25(29)18(14-19)15-27(31)32/h4-14,16-17,30H,15H2,1-3H3,(H,31,32). The molecule has 0 aliphatic carbocycles. The van der Waals surface area contributed by atoms with Gasteiger partial charge in [-0.25, -0.2) is 12.8 Å². The molecule has 186 valence electrons. The molecular weight excluding hydrogens is 481 g/mol. The lowest BCUT2D eigenvalue weighted by Crippen LogP contribution is -2.15. The van der Waals surface area contributed by atoms with Crippen molar-refractivity contribution < 1.29 is 27.4 Å². The maximum absolute atomic E-state index is 14.1. The summed E-state index contributed by atoms with van der Waals surface area (Å²) in [7, 11) is -2.61. The minimum absolute atomic E-state index is 0.0246. The lowest BCUT2D eigenvalue weighted by atomic mass is 9.91. The monoisotopic (exact) mass is 507 g/mol. The molecule has 8 heteroatoms. The van der Waals surface area contributed by atoms with E-state index in [-0.39, 0.29) is 22.1 Å². The van der Waals surface area contributed by atoms with Crippen LogP contribution in [-0.2, 0) is 21.2 Å². The van der Waals surface area contributed by atoms with Crippen molar-refractivity contribution in [3.63, 3.8) is 0 Å². The lowest BCUT2D eigenvalue weighted by Gasteiger charge is -2.20. The van der Waals surface area contributed by atoms with Crippen LogP contribution in [0.1, 0.15) is 30.9 Å². The molecule has 0 aliphatic heterocycles. The van der Waals surface area contributed by atoms with E-state index in [0.717, 1.165) is 17.2 Å². The SMILES string of the molecule is COc1c(-c2ccccc2C(C)C)cc(S(=O)(=O)Nc2ccc(F)c(CC(=O)O)c2)c2ccccc12. The zero-order valence-corrected chi connectivity index (χ0v) is 20.9. The van der Waals surface area contributed by atoms with Gasteiger partial charge in [-0.3, -0.25) is 9.52 Å². The van der Waals surface area contributed by atoms with Gasteiger partial charge in [0.25, 0.3) is 10.0 Å². The topological polar surface area (TPSA) is 92.7 Å². The fraction of sp³-hybridized carbons (Fsp3) is 0.179. The van der Waals surface area contributed by atoms with Gasteiger partial charge < -0.3 is 9.84 Å². The van der Waals surface area contributed by atoms with Gasteiger partial charge in [0.2, 0.25) is 0 Å². The summed E-state index contributed by atoms with van der Waals surface area (Å²) >= 11 is 0. The molecule has 0 saturated carbocycles. The molecule has 0 saturated heterocycles. The Bertz CT molecular complexity index is 1560. The molecule has 6 nitrogen and oxygen atoms in total. The van der Waals surface area contributed by atoms with Crippen molar-refractivity contribution in [2.24, 2.45) is 0 Å². The number of carboxylic acids is 1. The number of ether oxygens (including phenoxy) is 1. The molecule has 4 aromatic carbocycles. The average molecular weight is 508 g/mol. The summed E-state index contributed by atoms with van der Waals surface area (Å²) in [4.78, 5) is 11.1. The van der Waals surface area contributed by atoms with Crippen molar-refractivity contribution in [1.82, 2.24) is 0 Å². The van der Waals surface area contributed by atoms with Gasteiger partial charge in [0.1, 0.15) is 11.6 Å². The Morgan fingerprint density at radius 2 is 1.64 bits per heavy atom. The summed E-state index contributed by atoms with van der Waals surface area (Å²) in [5.74, 6) is -1.20. The third kappa shape index (κ3) is 4.90. The number of aliphatic carboxylic acids is 1. The Morgan fingerprint density at radius 3 is 2.31 bits per heavy atom. The van der Waals surface area contributed by atoms with Crippen molar-refractivity contribution in [1.29, 1.82) is 0 Å². The number of sulfonamides is 1. The molecule has 4 rings (SSSR count). The Kier molecular flexibility index (Phi) is 6.99. The third-order valence-corrected chi connectivity index (χ3v) is 7.38. The van der Waals surface area contributed by atoms with Crippen LogP contribution in [0.4, 0.5) is 10.1 Å². The second-order valence-corrected chi connectivity index (χ2v) is 10.4. The highest BCUT2D eigenvalue weighted by Crippen LogP contribution is 2.43. The summed E-state index contributed by atoms with van der Waals surface area (Å²) in [6, 6.07) is 19.9. The van der Waals surface area contributed by atoms with Gasteiger partial charge >= 0.3 is 5.97 Å². The largest absolute Gasteiger partial charge is 0.495 e. The van der Waals surface area contributed by atoms with Gasteiger partial charge in [0.05, 0.1) is 18.4 Å². The number of carboxylic acid groups (broad SMARTS) is 1. The first-order valence-corrected chi connectivity index (χ1v) is 12.8. The fourth-order valence-corrected chi connectivity index (χ4v) is 5.64. The quantitative estimate of drug-likeness (QED) is 0.296. The summed E-state index contributed by atoms with van der Waals surface area (Å²) in [6.45, 7) is 4.13. The molecule has 0 aromatic heterocycles. The van der Waals surface area contributed by atoms with Gasteiger partial charge in [-0.1, -0.05) is 62.4 Å². The number of hydrogen-bond acceptors (Lipinski definition) is 4. The van der Waals surface area contributed by atoms with E-state index in [2.05, 4.69) is 18.6 Å². The molecule has 0 amide bonds. The maximum Gasteiger partial charge on any atom is 0.307 e. The first-order chi connectivity index (χ1) is 17.1. The Hall–Kier alpha value is -3.91. The number of carbonyl (C=O) groups is 1. The van der Waals surface area contributed by atoms with Crippen LogP contribution in [0.3, 0.4) is 0 Å². The number of hydrogen-bond donors (Lipinski definition) is 2. The summed E-state index contributed by atoms with van der Waals surface area (Å²) in [6.07, 6.45) is -0.566. The van der Waals surface area contributed by atoms with Crippen LogP contribution in [0.2, 0.25) is 0 Å². The summed E-state index contributed by atoms with van der Waals surface area (Å²) in [5.41, 5.74) is 2.48. The molecular formula is C28H26FNO5S. The van der Waals surface area contributed by atoms with Crippen molar-refractivity contribution in [3.05, 3.63) is 89.7 Å². The number of rotatable bonds is 8. The van der Waals surface area contributed by atoms with Gasteiger partial charge in [-0.2, -0.15) is 0 Å². The maximum atomic E-state index is 14.1. The first kappa shape index (κ1) is 25.2. The van der Waals surface area contributed by atoms with E-state index >= 15 is 0 Å². The van der Waals surface area contributed by atoms with Gasteiger partial charge in [0.15, 0.2) is 0 Å². The summed E-state index contributed by atoms with van der Waals surface area (Å²) in [5, 5.41) is 10.1. The third-order valence-electron chi connectivity index (χ3n) is 5.96. The number of fused-ring (bicyclic) bond motifs is 1. The van der Waals surface area contributed by atoms with Crippen LogP contribution >= 0.6 is 0 Å². The van der Waals surface area contributed by atoms with Crippen LogP contribution in [0.5, 0.6) is 5.75 Å². The highest BCUT2D eigenvalue weighted by molar-refractivity contribution is 7.93. The minimum Gasteiger partial charge on any atom is -0.495 e. The smallest absolute Gasteiger partial charge is 0.307 e. The van der Waals surface area contributed by atoms with Crippen LogP contribution in [0.25, 0.3) is 21.9 Å². The molecule has 0 radical (unpaired) electrons. The van der Waals surface area contributed by atoms with Crippen LogP contribution in [-0.4, -0.2) is 26.6 Å². The van der Waals surface area contributed by atoms with Crippen molar-refractivity contribution in [2.75, 3.05) is 11.8 Å². The van der Waals surface area contributed by atoms with Crippen molar-refractivity contribution in [3.8, 4) is 16.9 Å². The van der Waals surface area contributed by atoms with E-state index in [1.807, 2.05) is 30.3 Å². The van der Waals surface area contributed by atoms with Crippen LogP contribution < -0.4 is 9.46 Å². The van der Waals surface area contributed by atoms with E-state index in [1.54, 1.807) is 31.4 Å². The number of methoxy groups -OCH3 is 1. The lowest BCUT2D eigenvalue weighted by molar-refractivity contribution is -0.136. The number of benzene rings is 4. The Morgan fingerprint density at radius 1 is 0.972 bits per heavy atom. The van der Waals surface area contributed by atoms with Gasteiger partial charge in [-0.05, 0) is 41.3 Å². The number of anilines is 1. The predicted octanol–water partition coefficient (Wildman–Crippen LogP) is 6.21. The first-order valence-electron chi connectivity index (χ1n) is 11.3. The predicted molar refractivity (Wildman–Crippen MR) is 139 cm³/mol. The Labute approximate surface area is 209 Å². The molecule has 0 aliphatic rings. The van der Waals surface area contributed by atoms with E-state index in [9.17, 15) is 17.6 Å². The highest BCUT2D eigenvalue weighted by Gasteiger charge is 2.24. The van der Waals surface area contributed by atoms with Crippen molar-refractivity contribution >= 4 is 32.5 Å². The molecule has 0 heterocycles. The van der Waals surface area contributed by atoms with E-state index in [4.69, 9.17) is 9.84 Å². The zero-order chi connectivity index (χ0) is 26.0. The van der Waals surface area contributed by atoms with Gasteiger partial charge in [0, 0.05) is 27.6 Å². The molecule has 0 unspecified atom stereocenters. The van der Waals surface area contributed by atoms with E-state index < -0.39 is 28.2 Å². The second kappa shape index (κ2) is 9.99. The molecule has 0 bridgehead atoms. The normalized spacial score (nSPS) is 11.6. The molecule has 2 N–H and O–H groups in total. The average Bonchev–Trinajstić information content (AvgIpc) is 2.84. The van der Waals surface area contributed by atoms with Crippen LogP contribution in [0.15, 0.2) is 77.7 Å². The molecule has 0 spiro atoms. The molecule has 0 atom stereocenters. The second-order valence-electron chi connectivity index (χ2n) is 8.73. The minimum atomic E-state index is -4.16. The van der Waals surface area contributed by atoms with E-state index in [0.29, 0.717) is 22.1 Å².